The highest BCUT2D eigenvalue weighted by Gasteiger charge is 2.31. The smallest absolute Gasteiger partial charge is 0.144 e. The number of nitrogens with zero attached hydrogens (tertiary/aromatic N) is 2. The van der Waals surface area contributed by atoms with Gasteiger partial charge in [0.25, 0.3) is 0 Å². The molecule has 4 nitrogen and oxygen atoms in total. The molecule has 0 unspecified atom stereocenters. The number of pyridine rings is 1. The number of rotatable bonds is 5. The first-order valence-corrected chi connectivity index (χ1v) is 8.20. The van der Waals surface area contributed by atoms with Crippen LogP contribution in [0.4, 0.5) is 5.82 Å². The first kappa shape index (κ1) is 16.8. The lowest BCUT2D eigenvalue weighted by Crippen LogP contribution is -2.33. The minimum Gasteiger partial charge on any atom is -0.370 e. The Morgan fingerprint density at radius 3 is 2.68 bits per heavy atom. The number of aromatic nitrogens is 1. The summed E-state index contributed by atoms with van der Waals surface area (Å²) in [5.41, 5.74) is 3.77. The van der Waals surface area contributed by atoms with E-state index in [1.807, 2.05) is 0 Å². The van der Waals surface area contributed by atoms with Crippen LogP contribution in [0, 0.1) is 17.2 Å². The van der Waals surface area contributed by atoms with E-state index in [1.165, 1.54) is 0 Å². The molecule has 2 rings (SSSR count). The van der Waals surface area contributed by atoms with Crippen molar-refractivity contribution in [3.8, 4) is 6.07 Å². The molecule has 1 aromatic heterocycles. The number of nitriles is 1. The number of hydrogen-bond donors (Lipinski definition) is 1. The Hall–Kier alpha value is -1.60. The van der Waals surface area contributed by atoms with Crippen molar-refractivity contribution in [3.63, 3.8) is 0 Å². The van der Waals surface area contributed by atoms with Crippen molar-refractivity contribution in [2.24, 2.45) is 5.92 Å². The third kappa shape index (κ3) is 3.59. The molecule has 0 saturated carbocycles. The van der Waals surface area contributed by atoms with Crippen LogP contribution in [0.5, 0.6) is 0 Å². The zero-order valence-electron chi connectivity index (χ0n) is 14.4. The Morgan fingerprint density at radius 1 is 1.36 bits per heavy atom. The second-order valence-corrected chi connectivity index (χ2v) is 7.04. The molecule has 120 valence electrons. The third-order valence-electron chi connectivity index (χ3n) is 4.17. The highest BCUT2D eigenvalue weighted by molar-refractivity contribution is 5.60. The summed E-state index contributed by atoms with van der Waals surface area (Å²) in [4.78, 5) is 4.71. The maximum Gasteiger partial charge on any atom is 0.144 e. The molecule has 1 aliphatic heterocycles. The SMILES string of the molecule is CCc1nc(NCCC(C)C)c(C#N)c2c1COC(C)(C)C2. The van der Waals surface area contributed by atoms with Crippen LogP contribution >= 0.6 is 0 Å². The molecule has 2 heterocycles. The molecule has 1 N–H and O–H groups in total. The van der Waals surface area contributed by atoms with Crippen LogP contribution in [0.2, 0.25) is 0 Å². The van der Waals surface area contributed by atoms with Gasteiger partial charge in [-0.1, -0.05) is 20.8 Å². The molecule has 0 aromatic carbocycles. The van der Waals surface area contributed by atoms with E-state index in [4.69, 9.17) is 9.72 Å². The molecule has 0 atom stereocenters. The molecule has 4 heteroatoms. The standard InChI is InChI=1S/C18H27N3O/c1-6-16-15-11-22-18(4,5)9-13(15)14(10-19)17(21-16)20-8-7-12(2)3/h12H,6-9,11H2,1-5H3,(H,20,21). The lowest BCUT2D eigenvalue weighted by molar-refractivity contribution is -0.0406. The average molecular weight is 301 g/mol. The summed E-state index contributed by atoms with van der Waals surface area (Å²) >= 11 is 0. The Morgan fingerprint density at radius 2 is 2.09 bits per heavy atom. The maximum atomic E-state index is 9.65. The molecule has 0 spiro atoms. The number of ether oxygens (including phenoxy) is 1. The fourth-order valence-corrected chi connectivity index (χ4v) is 2.86. The van der Waals surface area contributed by atoms with E-state index in [0.717, 1.165) is 48.4 Å². The van der Waals surface area contributed by atoms with Gasteiger partial charge in [-0.2, -0.15) is 5.26 Å². The summed E-state index contributed by atoms with van der Waals surface area (Å²) < 4.78 is 5.92. The van der Waals surface area contributed by atoms with Crippen LogP contribution in [-0.4, -0.2) is 17.1 Å². The minimum atomic E-state index is -0.222. The van der Waals surface area contributed by atoms with Crippen LogP contribution in [0.1, 0.15) is 63.4 Å². The van der Waals surface area contributed by atoms with Crippen LogP contribution in [0.15, 0.2) is 0 Å². The lowest BCUT2D eigenvalue weighted by Gasteiger charge is -2.33. The highest BCUT2D eigenvalue weighted by atomic mass is 16.5. The number of fused-ring (bicyclic) bond motifs is 1. The van der Waals surface area contributed by atoms with Gasteiger partial charge in [-0.25, -0.2) is 4.98 Å². The third-order valence-corrected chi connectivity index (χ3v) is 4.17. The fourth-order valence-electron chi connectivity index (χ4n) is 2.86. The molecular weight excluding hydrogens is 274 g/mol. The van der Waals surface area contributed by atoms with Crippen molar-refractivity contribution in [1.29, 1.82) is 5.26 Å². The van der Waals surface area contributed by atoms with Gasteiger partial charge in [-0.05, 0) is 38.2 Å². The van der Waals surface area contributed by atoms with Crippen LogP contribution in [-0.2, 0) is 24.2 Å². The normalized spacial score (nSPS) is 16.2. The Bertz CT molecular complexity index is 585. The molecule has 1 aliphatic rings. The van der Waals surface area contributed by atoms with Crippen molar-refractivity contribution in [3.05, 3.63) is 22.4 Å². The van der Waals surface area contributed by atoms with Crippen LogP contribution in [0.25, 0.3) is 0 Å². The van der Waals surface area contributed by atoms with Gasteiger partial charge in [-0.15, -0.1) is 0 Å². The summed E-state index contributed by atoms with van der Waals surface area (Å²) in [5, 5.41) is 13.0. The highest BCUT2D eigenvalue weighted by Crippen LogP contribution is 2.34. The molecule has 0 radical (unpaired) electrons. The number of nitrogens with one attached hydrogen (secondary N) is 1. The zero-order chi connectivity index (χ0) is 16.3. The molecule has 22 heavy (non-hydrogen) atoms. The minimum absolute atomic E-state index is 0.222. The maximum absolute atomic E-state index is 9.65. The van der Waals surface area contributed by atoms with Crippen molar-refractivity contribution in [1.82, 2.24) is 4.98 Å². The summed E-state index contributed by atoms with van der Waals surface area (Å²) in [7, 11) is 0. The van der Waals surface area contributed by atoms with E-state index in [-0.39, 0.29) is 5.60 Å². The predicted octanol–water partition coefficient (Wildman–Crippen LogP) is 3.82. The van der Waals surface area contributed by atoms with Gasteiger partial charge < -0.3 is 10.1 Å². The molecule has 0 fully saturated rings. The first-order chi connectivity index (χ1) is 10.4. The van der Waals surface area contributed by atoms with Gasteiger partial charge in [0.15, 0.2) is 0 Å². The first-order valence-electron chi connectivity index (χ1n) is 8.20. The van der Waals surface area contributed by atoms with Gasteiger partial charge in [0.2, 0.25) is 0 Å². The number of hydrogen-bond acceptors (Lipinski definition) is 4. The van der Waals surface area contributed by atoms with Gasteiger partial charge in [-0.3, -0.25) is 0 Å². The van der Waals surface area contributed by atoms with E-state index in [2.05, 4.69) is 46.0 Å². The fraction of sp³-hybridized carbons (Fsp3) is 0.667. The molecule has 0 saturated heterocycles. The van der Waals surface area contributed by atoms with Gasteiger partial charge in [0.1, 0.15) is 11.9 Å². The molecule has 0 bridgehead atoms. The molecule has 1 aromatic rings. The Labute approximate surface area is 133 Å². The number of anilines is 1. The Balaban J connectivity index is 2.41. The number of aryl methyl sites for hydroxylation is 1. The van der Waals surface area contributed by atoms with E-state index in [0.29, 0.717) is 18.1 Å². The summed E-state index contributed by atoms with van der Waals surface area (Å²) in [5.74, 6) is 1.38. The zero-order valence-corrected chi connectivity index (χ0v) is 14.4. The topological polar surface area (TPSA) is 57.9 Å². The average Bonchev–Trinajstić information content (AvgIpc) is 2.44. The summed E-state index contributed by atoms with van der Waals surface area (Å²) in [6, 6.07) is 2.37. The lowest BCUT2D eigenvalue weighted by atomic mass is 9.87. The van der Waals surface area contributed by atoms with Crippen molar-refractivity contribution in [2.75, 3.05) is 11.9 Å². The van der Waals surface area contributed by atoms with Crippen molar-refractivity contribution >= 4 is 5.82 Å². The molecular formula is C18H27N3O. The quantitative estimate of drug-likeness (QED) is 0.898. The second kappa shape index (κ2) is 6.66. The molecule has 0 aliphatic carbocycles. The van der Waals surface area contributed by atoms with E-state index >= 15 is 0 Å². The van der Waals surface area contributed by atoms with Gasteiger partial charge >= 0.3 is 0 Å². The van der Waals surface area contributed by atoms with Crippen molar-refractivity contribution in [2.45, 2.75) is 66.1 Å². The van der Waals surface area contributed by atoms with Gasteiger partial charge in [0, 0.05) is 24.2 Å². The van der Waals surface area contributed by atoms with E-state index in [9.17, 15) is 5.26 Å². The summed E-state index contributed by atoms with van der Waals surface area (Å²) in [6.07, 6.45) is 2.69. The van der Waals surface area contributed by atoms with Gasteiger partial charge in [0.05, 0.1) is 17.8 Å². The van der Waals surface area contributed by atoms with Crippen molar-refractivity contribution < 1.29 is 4.74 Å². The Kier molecular flexibility index (Phi) is 5.08. The van der Waals surface area contributed by atoms with E-state index in [1.54, 1.807) is 0 Å². The molecule has 0 amide bonds. The van der Waals surface area contributed by atoms with E-state index < -0.39 is 0 Å². The predicted molar refractivity (Wildman–Crippen MR) is 88.8 cm³/mol. The van der Waals surface area contributed by atoms with Crippen LogP contribution < -0.4 is 5.32 Å². The monoisotopic (exact) mass is 301 g/mol. The summed E-state index contributed by atoms with van der Waals surface area (Å²) in [6.45, 7) is 12.1. The largest absolute Gasteiger partial charge is 0.370 e. The second-order valence-electron chi connectivity index (χ2n) is 7.04. The van der Waals surface area contributed by atoms with Crippen LogP contribution in [0.3, 0.4) is 0 Å².